The Labute approximate surface area is 107 Å². The van der Waals surface area contributed by atoms with Gasteiger partial charge in [-0.05, 0) is 40.4 Å². The summed E-state index contributed by atoms with van der Waals surface area (Å²) in [6.07, 6.45) is 3.49. The number of aliphatic carboxylic acids is 1. The summed E-state index contributed by atoms with van der Waals surface area (Å²) in [4.78, 5) is 11.3. The van der Waals surface area contributed by atoms with Crippen LogP contribution in [0, 0.1) is 0 Å². The normalized spacial score (nSPS) is 17.3. The van der Waals surface area contributed by atoms with Gasteiger partial charge in [0.15, 0.2) is 0 Å². The Morgan fingerprint density at radius 1 is 1.47 bits per heavy atom. The maximum Gasteiger partial charge on any atom is 0.314 e. The minimum atomic E-state index is -0.704. The number of fused-ring (bicyclic) bond motifs is 1. The second-order valence-electron chi connectivity index (χ2n) is 4.71. The highest BCUT2D eigenvalue weighted by Gasteiger charge is 2.51. The lowest BCUT2D eigenvalue weighted by atomic mass is 9.95. The Kier molecular flexibility index (Phi) is 2.14. The van der Waals surface area contributed by atoms with E-state index in [0.29, 0.717) is 0 Å². The van der Waals surface area contributed by atoms with Gasteiger partial charge in [0.25, 0.3) is 0 Å². The molecule has 0 saturated heterocycles. The third-order valence-electron chi connectivity index (χ3n) is 3.65. The van der Waals surface area contributed by atoms with Gasteiger partial charge >= 0.3 is 5.97 Å². The maximum absolute atomic E-state index is 11.3. The second kappa shape index (κ2) is 3.35. The molecule has 1 aliphatic rings. The van der Waals surface area contributed by atoms with Crippen LogP contribution in [0.15, 0.2) is 28.9 Å². The van der Waals surface area contributed by atoms with E-state index in [9.17, 15) is 9.90 Å². The van der Waals surface area contributed by atoms with E-state index < -0.39 is 11.4 Å². The Bertz CT molecular complexity index is 626. The first-order chi connectivity index (χ1) is 8.04. The quantitative estimate of drug-likeness (QED) is 0.925. The number of aryl methyl sites for hydroxylation is 1. The van der Waals surface area contributed by atoms with Crippen molar-refractivity contribution in [3.63, 3.8) is 0 Å². The SMILES string of the molecule is Cn1cc(Br)c2ccc(C3(C(=O)O)CC3)cc21. The van der Waals surface area contributed by atoms with Gasteiger partial charge < -0.3 is 9.67 Å². The fraction of sp³-hybridized carbons (Fsp3) is 0.308. The molecule has 2 aromatic rings. The molecule has 0 unspecified atom stereocenters. The molecule has 0 radical (unpaired) electrons. The average molecular weight is 294 g/mol. The van der Waals surface area contributed by atoms with Gasteiger partial charge in [-0.25, -0.2) is 0 Å². The van der Waals surface area contributed by atoms with E-state index in [2.05, 4.69) is 15.9 Å². The van der Waals surface area contributed by atoms with Crippen molar-refractivity contribution < 1.29 is 9.90 Å². The fourth-order valence-electron chi connectivity index (χ4n) is 2.38. The predicted molar refractivity (Wildman–Crippen MR) is 69.2 cm³/mol. The number of carbonyl (C=O) groups is 1. The predicted octanol–water partition coefficient (Wildman–Crippen LogP) is 3.06. The Balaban J connectivity index is 2.21. The lowest BCUT2D eigenvalue weighted by Crippen LogP contribution is -2.19. The Morgan fingerprint density at radius 3 is 2.76 bits per heavy atom. The van der Waals surface area contributed by atoms with Crippen molar-refractivity contribution in [3.05, 3.63) is 34.4 Å². The van der Waals surface area contributed by atoms with Gasteiger partial charge in [-0.1, -0.05) is 12.1 Å². The van der Waals surface area contributed by atoms with Gasteiger partial charge in [0.1, 0.15) is 0 Å². The van der Waals surface area contributed by atoms with Crippen molar-refractivity contribution >= 4 is 32.8 Å². The molecule has 0 aliphatic heterocycles. The second-order valence-corrected chi connectivity index (χ2v) is 5.56. The molecule has 1 aromatic heterocycles. The van der Waals surface area contributed by atoms with Crippen LogP contribution in [-0.2, 0) is 17.3 Å². The van der Waals surface area contributed by atoms with Gasteiger partial charge in [0, 0.05) is 28.6 Å². The molecular weight excluding hydrogens is 282 g/mol. The zero-order valence-electron chi connectivity index (χ0n) is 9.40. The van der Waals surface area contributed by atoms with Crippen molar-refractivity contribution in [1.29, 1.82) is 0 Å². The fourth-order valence-corrected chi connectivity index (χ4v) is 3.03. The summed E-state index contributed by atoms with van der Waals surface area (Å²) in [6, 6.07) is 5.94. The molecule has 3 nitrogen and oxygen atoms in total. The Hall–Kier alpha value is -1.29. The molecule has 4 heteroatoms. The van der Waals surface area contributed by atoms with E-state index in [1.165, 1.54) is 0 Å². The number of halogens is 1. The monoisotopic (exact) mass is 293 g/mol. The number of benzene rings is 1. The van der Waals surface area contributed by atoms with Crippen LogP contribution in [0.4, 0.5) is 0 Å². The summed E-state index contributed by atoms with van der Waals surface area (Å²) in [5, 5.41) is 10.4. The number of rotatable bonds is 2. The number of aromatic nitrogens is 1. The number of carboxylic acids is 1. The van der Waals surface area contributed by atoms with Crippen molar-refractivity contribution in [3.8, 4) is 0 Å². The van der Waals surface area contributed by atoms with Crippen LogP contribution < -0.4 is 0 Å². The number of nitrogens with zero attached hydrogens (tertiary/aromatic N) is 1. The molecule has 0 atom stereocenters. The molecule has 0 bridgehead atoms. The molecule has 3 rings (SSSR count). The lowest BCUT2D eigenvalue weighted by molar-refractivity contribution is -0.140. The third kappa shape index (κ3) is 1.43. The summed E-state index contributed by atoms with van der Waals surface area (Å²) in [5.74, 6) is -0.704. The van der Waals surface area contributed by atoms with Crippen LogP contribution in [-0.4, -0.2) is 15.6 Å². The molecule has 1 saturated carbocycles. The topological polar surface area (TPSA) is 42.2 Å². The maximum atomic E-state index is 11.3. The highest BCUT2D eigenvalue weighted by Crippen LogP contribution is 2.49. The summed E-state index contributed by atoms with van der Waals surface area (Å²) in [6.45, 7) is 0. The first-order valence-electron chi connectivity index (χ1n) is 5.53. The van der Waals surface area contributed by atoms with Crippen molar-refractivity contribution in [2.75, 3.05) is 0 Å². The van der Waals surface area contributed by atoms with Gasteiger partial charge in [0.05, 0.1) is 5.41 Å². The first kappa shape index (κ1) is 10.8. The molecule has 88 valence electrons. The number of carboxylic acid groups (broad SMARTS) is 1. The third-order valence-corrected chi connectivity index (χ3v) is 4.29. The molecular formula is C13H12BrNO2. The number of hydrogen-bond acceptors (Lipinski definition) is 1. The smallest absolute Gasteiger partial charge is 0.314 e. The standard InChI is InChI=1S/C13H12BrNO2/c1-15-7-10(14)9-3-2-8(6-11(9)15)13(4-5-13)12(16)17/h2-3,6-7H,4-5H2,1H3,(H,16,17). The molecule has 17 heavy (non-hydrogen) atoms. The summed E-state index contributed by atoms with van der Waals surface area (Å²) >= 11 is 3.50. The van der Waals surface area contributed by atoms with E-state index in [-0.39, 0.29) is 0 Å². The van der Waals surface area contributed by atoms with E-state index in [1.807, 2.05) is 36.0 Å². The molecule has 0 spiro atoms. The van der Waals surface area contributed by atoms with Gasteiger partial charge in [0.2, 0.25) is 0 Å². The average Bonchev–Trinajstić information content (AvgIpc) is 3.04. The molecule has 1 fully saturated rings. The summed E-state index contributed by atoms with van der Waals surface area (Å²) in [7, 11) is 1.97. The van der Waals surface area contributed by atoms with E-state index in [0.717, 1.165) is 33.8 Å². The minimum Gasteiger partial charge on any atom is -0.481 e. The van der Waals surface area contributed by atoms with E-state index in [1.54, 1.807) is 0 Å². The lowest BCUT2D eigenvalue weighted by Gasteiger charge is -2.10. The highest BCUT2D eigenvalue weighted by atomic mass is 79.9. The van der Waals surface area contributed by atoms with Crippen LogP contribution in [0.25, 0.3) is 10.9 Å². The minimum absolute atomic E-state index is 0.620. The zero-order chi connectivity index (χ0) is 12.2. The molecule has 1 aromatic carbocycles. The first-order valence-corrected chi connectivity index (χ1v) is 6.32. The highest BCUT2D eigenvalue weighted by molar-refractivity contribution is 9.10. The molecule has 1 aliphatic carbocycles. The zero-order valence-corrected chi connectivity index (χ0v) is 11.0. The molecule has 1 heterocycles. The van der Waals surface area contributed by atoms with Gasteiger partial charge in [-0.15, -0.1) is 0 Å². The van der Waals surface area contributed by atoms with Crippen molar-refractivity contribution in [2.24, 2.45) is 7.05 Å². The molecule has 1 N–H and O–H groups in total. The molecule has 0 amide bonds. The van der Waals surface area contributed by atoms with Gasteiger partial charge in [-0.2, -0.15) is 0 Å². The largest absolute Gasteiger partial charge is 0.481 e. The Morgan fingerprint density at radius 2 is 2.18 bits per heavy atom. The van der Waals surface area contributed by atoms with Crippen LogP contribution >= 0.6 is 15.9 Å². The van der Waals surface area contributed by atoms with Crippen LogP contribution in [0.3, 0.4) is 0 Å². The van der Waals surface area contributed by atoms with Crippen LogP contribution in [0.5, 0.6) is 0 Å². The van der Waals surface area contributed by atoms with Crippen LogP contribution in [0.1, 0.15) is 18.4 Å². The number of hydrogen-bond donors (Lipinski definition) is 1. The summed E-state index contributed by atoms with van der Waals surface area (Å²) in [5.41, 5.74) is 1.37. The van der Waals surface area contributed by atoms with E-state index in [4.69, 9.17) is 0 Å². The van der Waals surface area contributed by atoms with E-state index >= 15 is 0 Å². The van der Waals surface area contributed by atoms with Crippen molar-refractivity contribution in [1.82, 2.24) is 4.57 Å². The van der Waals surface area contributed by atoms with Crippen molar-refractivity contribution in [2.45, 2.75) is 18.3 Å². The summed E-state index contributed by atoms with van der Waals surface area (Å²) < 4.78 is 3.06. The van der Waals surface area contributed by atoms with Gasteiger partial charge in [-0.3, -0.25) is 4.79 Å². The van der Waals surface area contributed by atoms with Crippen LogP contribution in [0.2, 0.25) is 0 Å².